The molecule has 0 spiro atoms. The zero-order chi connectivity index (χ0) is 20.8. The van der Waals surface area contributed by atoms with Gasteiger partial charge in [-0.2, -0.15) is 0 Å². The van der Waals surface area contributed by atoms with Crippen LogP contribution in [0.2, 0.25) is 0 Å². The van der Waals surface area contributed by atoms with E-state index in [-0.39, 0.29) is 6.61 Å². The lowest BCUT2D eigenvalue weighted by molar-refractivity contribution is 0.230. The van der Waals surface area contributed by atoms with Gasteiger partial charge in [-0.1, -0.05) is 0 Å². The fraction of sp³-hybridized carbons (Fsp3) is 0.478. The predicted octanol–water partition coefficient (Wildman–Crippen LogP) is 2.48. The number of nitrogens with zero attached hydrogens (tertiary/aromatic N) is 3. The molecule has 0 atom stereocenters. The number of rotatable bonds is 5. The van der Waals surface area contributed by atoms with Crippen molar-refractivity contribution in [2.45, 2.75) is 20.3 Å². The Morgan fingerprint density at radius 1 is 0.759 bits per heavy atom. The van der Waals surface area contributed by atoms with Crippen molar-refractivity contribution in [2.24, 2.45) is 0 Å². The van der Waals surface area contributed by atoms with Crippen LogP contribution in [0.5, 0.6) is 0 Å². The molecule has 1 aliphatic rings. The van der Waals surface area contributed by atoms with E-state index in [1.54, 1.807) is 0 Å². The van der Waals surface area contributed by atoms with Crippen molar-refractivity contribution >= 4 is 22.7 Å². The Bertz CT molecular complexity index is 746. The van der Waals surface area contributed by atoms with E-state index in [0.29, 0.717) is 0 Å². The molecule has 6 heteroatoms. The highest BCUT2D eigenvalue weighted by Gasteiger charge is 2.18. The van der Waals surface area contributed by atoms with E-state index in [9.17, 15) is 5.11 Å². The average molecular weight is 398 g/mol. The Labute approximate surface area is 174 Å². The van der Waals surface area contributed by atoms with Gasteiger partial charge in [-0.15, -0.1) is 0 Å². The third-order valence-corrected chi connectivity index (χ3v) is 5.88. The molecule has 0 bridgehead atoms. The normalized spacial score (nSPS) is 16.4. The molecule has 158 valence electrons. The summed E-state index contributed by atoms with van der Waals surface area (Å²) < 4.78 is 0. The number of aryl methyl sites for hydroxylation is 2. The van der Waals surface area contributed by atoms with E-state index in [0.717, 1.165) is 74.7 Å². The summed E-state index contributed by atoms with van der Waals surface area (Å²) in [6.45, 7) is 11.1. The summed E-state index contributed by atoms with van der Waals surface area (Å²) in [5.74, 6) is 0. The predicted molar refractivity (Wildman–Crippen MR) is 124 cm³/mol. The van der Waals surface area contributed by atoms with Crippen molar-refractivity contribution in [2.75, 3.05) is 73.7 Å². The summed E-state index contributed by atoms with van der Waals surface area (Å²) in [6, 6.07) is 12.6. The number of nitrogens with two attached hydrogens (primary N) is 2. The van der Waals surface area contributed by atoms with Gasteiger partial charge < -0.3 is 26.4 Å². The average Bonchev–Trinajstić information content (AvgIpc) is 2.81. The lowest BCUT2D eigenvalue weighted by atomic mass is 10.1. The second-order valence-electron chi connectivity index (χ2n) is 7.97. The maximum absolute atomic E-state index is 9.28. The quantitative estimate of drug-likeness (QED) is 0.673. The number of hydrogen-bond donors (Lipinski definition) is 3. The molecular formula is C23H35N5O. The minimum Gasteiger partial charge on any atom is -0.399 e. The summed E-state index contributed by atoms with van der Waals surface area (Å²) in [5, 5.41) is 9.28. The van der Waals surface area contributed by atoms with Gasteiger partial charge >= 0.3 is 0 Å². The molecule has 0 aliphatic carbocycles. The topological polar surface area (TPSA) is 82.0 Å². The first-order chi connectivity index (χ1) is 14.0. The minimum absolute atomic E-state index is 0.234. The van der Waals surface area contributed by atoms with E-state index >= 15 is 0 Å². The van der Waals surface area contributed by atoms with Gasteiger partial charge in [0.05, 0.1) is 0 Å². The molecule has 1 heterocycles. The summed E-state index contributed by atoms with van der Waals surface area (Å²) in [4.78, 5) is 7.34. The molecule has 6 nitrogen and oxygen atoms in total. The van der Waals surface area contributed by atoms with Crippen molar-refractivity contribution in [3.8, 4) is 0 Å². The fourth-order valence-electron chi connectivity index (χ4n) is 3.85. The van der Waals surface area contributed by atoms with E-state index in [4.69, 9.17) is 11.5 Å². The number of aliphatic hydroxyl groups is 1. The standard InChI is InChI=1S/C23H35N5O/c1-18-16-20(4-6-22(18)24)27-11-9-26(8-3-15-29)10-12-28(14-13-27)21-5-7-23(25)19(2)17-21/h4-7,16-17,29H,3,8-15,24-25H2,1-2H3. The summed E-state index contributed by atoms with van der Waals surface area (Å²) in [6.07, 6.45) is 0.807. The van der Waals surface area contributed by atoms with Crippen LogP contribution < -0.4 is 21.3 Å². The molecule has 29 heavy (non-hydrogen) atoms. The summed E-state index contributed by atoms with van der Waals surface area (Å²) in [7, 11) is 0. The van der Waals surface area contributed by atoms with E-state index in [1.165, 1.54) is 11.4 Å². The van der Waals surface area contributed by atoms with Crippen LogP contribution >= 0.6 is 0 Å². The van der Waals surface area contributed by atoms with E-state index in [2.05, 4.69) is 52.8 Å². The van der Waals surface area contributed by atoms with Gasteiger partial charge in [-0.05, 0) is 67.8 Å². The van der Waals surface area contributed by atoms with E-state index in [1.807, 2.05) is 12.1 Å². The summed E-state index contributed by atoms with van der Waals surface area (Å²) in [5.41, 5.74) is 18.4. The molecule has 2 aromatic carbocycles. The Morgan fingerprint density at radius 3 is 1.62 bits per heavy atom. The lowest BCUT2D eigenvalue weighted by Gasteiger charge is -2.29. The molecule has 1 aliphatic heterocycles. The maximum Gasteiger partial charge on any atom is 0.0443 e. The van der Waals surface area contributed by atoms with Gasteiger partial charge in [0.25, 0.3) is 0 Å². The monoisotopic (exact) mass is 397 g/mol. The first-order valence-electron chi connectivity index (χ1n) is 10.5. The molecule has 5 N–H and O–H groups in total. The highest BCUT2D eigenvalue weighted by molar-refractivity contribution is 5.60. The van der Waals surface area contributed by atoms with Crippen LogP contribution in [0, 0.1) is 13.8 Å². The van der Waals surface area contributed by atoms with Gasteiger partial charge in [-0.3, -0.25) is 4.90 Å². The van der Waals surface area contributed by atoms with Gasteiger partial charge in [-0.25, -0.2) is 0 Å². The molecule has 0 aromatic heterocycles. The zero-order valence-electron chi connectivity index (χ0n) is 17.8. The van der Waals surface area contributed by atoms with Crippen LogP contribution in [0.3, 0.4) is 0 Å². The van der Waals surface area contributed by atoms with Crippen molar-refractivity contribution in [3.05, 3.63) is 47.5 Å². The van der Waals surface area contributed by atoms with Crippen molar-refractivity contribution in [3.63, 3.8) is 0 Å². The first-order valence-corrected chi connectivity index (χ1v) is 10.5. The third kappa shape index (κ3) is 5.55. The van der Waals surface area contributed by atoms with Gasteiger partial charge in [0.15, 0.2) is 0 Å². The number of benzene rings is 2. The van der Waals surface area contributed by atoms with Crippen molar-refractivity contribution in [1.82, 2.24) is 4.90 Å². The van der Waals surface area contributed by atoms with Gasteiger partial charge in [0.1, 0.15) is 0 Å². The molecule has 1 saturated heterocycles. The number of anilines is 4. The Kier molecular flexibility index (Phi) is 7.23. The minimum atomic E-state index is 0.234. The van der Waals surface area contributed by atoms with Crippen LogP contribution in [0.4, 0.5) is 22.7 Å². The number of nitrogen functional groups attached to an aromatic ring is 2. The third-order valence-electron chi connectivity index (χ3n) is 5.88. The van der Waals surface area contributed by atoms with Gasteiger partial charge in [0, 0.05) is 75.2 Å². The highest BCUT2D eigenvalue weighted by Crippen LogP contribution is 2.24. The van der Waals surface area contributed by atoms with Crippen LogP contribution in [-0.2, 0) is 0 Å². The largest absolute Gasteiger partial charge is 0.399 e. The maximum atomic E-state index is 9.28. The molecule has 1 fully saturated rings. The number of hydrogen-bond acceptors (Lipinski definition) is 6. The smallest absolute Gasteiger partial charge is 0.0443 e. The second-order valence-corrected chi connectivity index (χ2v) is 7.97. The number of aliphatic hydroxyl groups excluding tert-OH is 1. The molecule has 2 aromatic rings. The molecule has 0 radical (unpaired) electrons. The van der Waals surface area contributed by atoms with Crippen LogP contribution in [0.15, 0.2) is 36.4 Å². The molecular weight excluding hydrogens is 362 g/mol. The molecule has 0 amide bonds. The summed E-state index contributed by atoms with van der Waals surface area (Å²) >= 11 is 0. The SMILES string of the molecule is Cc1cc(N2CCN(CCCO)CCN(c3ccc(N)c(C)c3)CC2)ccc1N. The molecule has 3 rings (SSSR count). The van der Waals surface area contributed by atoms with Crippen LogP contribution in [-0.4, -0.2) is 62.4 Å². The lowest BCUT2D eigenvalue weighted by Crippen LogP contribution is -2.37. The second kappa shape index (κ2) is 9.85. The van der Waals surface area contributed by atoms with Crippen LogP contribution in [0.1, 0.15) is 17.5 Å². The van der Waals surface area contributed by atoms with Crippen molar-refractivity contribution < 1.29 is 5.11 Å². The molecule has 0 unspecified atom stereocenters. The Balaban J connectivity index is 1.83. The van der Waals surface area contributed by atoms with E-state index < -0.39 is 0 Å². The highest BCUT2D eigenvalue weighted by atomic mass is 16.3. The zero-order valence-corrected chi connectivity index (χ0v) is 17.8. The molecule has 0 saturated carbocycles. The Morgan fingerprint density at radius 2 is 1.21 bits per heavy atom. The van der Waals surface area contributed by atoms with Crippen LogP contribution in [0.25, 0.3) is 0 Å². The fourth-order valence-corrected chi connectivity index (χ4v) is 3.85. The first kappa shape index (κ1) is 21.3. The van der Waals surface area contributed by atoms with Crippen molar-refractivity contribution in [1.29, 1.82) is 0 Å². The Hall–Kier alpha value is -2.44. The van der Waals surface area contributed by atoms with Gasteiger partial charge in [0.2, 0.25) is 0 Å².